The van der Waals surface area contributed by atoms with Crippen LogP contribution in [-0.4, -0.2) is 53.6 Å². The first kappa shape index (κ1) is 13.8. The van der Waals surface area contributed by atoms with Gasteiger partial charge in [0.05, 0.1) is 6.54 Å². The first-order valence-corrected chi connectivity index (χ1v) is 5.40. The van der Waals surface area contributed by atoms with Crippen LogP contribution in [0.5, 0.6) is 0 Å². The highest BCUT2D eigenvalue weighted by Gasteiger charge is 2.36. The number of carbonyl (C=O) groups excluding carboxylic acids is 1. The Labute approximate surface area is 97.3 Å². The van der Waals surface area contributed by atoms with Gasteiger partial charge < -0.3 is 14.7 Å². The molecule has 1 amide bonds. The van der Waals surface area contributed by atoms with Crippen LogP contribution in [0.4, 0.5) is 8.78 Å². The second-order valence-electron chi connectivity index (χ2n) is 3.80. The van der Waals surface area contributed by atoms with Crippen LogP contribution < -0.4 is 0 Å². The Bertz CT molecular complexity index is 298. The van der Waals surface area contributed by atoms with E-state index in [1.807, 2.05) is 0 Å². The molecule has 0 saturated carbocycles. The van der Waals surface area contributed by atoms with Gasteiger partial charge >= 0.3 is 5.97 Å². The first-order valence-electron chi connectivity index (χ1n) is 5.40. The van der Waals surface area contributed by atoms with E-state index in [0.29, 0.717) is 0 Å². The van der Waals surface area contributed by atoms with Crippen LogP contribution in [0.25, 0.3) is 0 Å². The summed E-state index contributed by atoms with van der Waals surface area (Å²) in [6.45, 7) is 1.09. The van der Waals surface area contributed by atoms with Crippen molar-refractivity contribution in [1.82, 2.24) is 4.90 Å². The summed E-state index contributed by atoms with van der Waals surface area (Å²) >= 11 is 0. The van der Waals surface area contributed by atoms with Gasteiger partial charge in [0.15, 0.2) is 6.10 Å². The fraction of sp³-hybridized carbons (Fsp3) is 0.800. The monoisotopic (exact) mass is 251 g/mol. The summed E-state index contributed by atoms with van der Waals surface area (Å²) in [6.07, 6.45) is -4.02. The number of ether oxygens (including phenoxy) is 1. The molecule has 2 atom stereocenters. The molecule has 1 fully saturated rings. The van der Waals surface area contributed by atoms with E-state index in [1.165, 1.54) is 0 Å². The number of alkyl halides is 2. The molecule has 1 rings (SSSR count). The Morgan fingerprint density at radius 2 is 2.00 bits per heavy atom. The zero-order chi connectivity index (χ0) is 13.0. The van der Waals surface area contributed by atoms with Crippen LogP contribution in [0.3, 0.4) is 0 Å². The predicted molar refractivity (Wildman–Crippen MR) is 53.8 cm³/mol. The third-order valence-corrected chi connectivity index (χ3v) is 2.62. The number of carboxylic acids is 1. The predicted octanol–water partition coefficient (Wildman–Crippen LogP) is 0.732. The topological polar surface area (TPSA) is 66.8 Å². The lowest BCUT2D eigenvalue weighted by atomic mass is 10.2. The highest BCUT2D eigenvalue weighted by molar-refractivity contribution is 5.82. The van der Waals surface area contributed by atoms with Gasteiger partial charge in [-0.1, -0.05) is 0 Å². The quantitative estimate of drug-likeness (QED) is 0.782. The molecule has 0 spiro atoms. The molecule has 0 aromatic heterocycles. The third kappa shape index (κ3) is 3.62. The number of likely N-dealkylation sites (N-methyl/N-ethyl adjacent to an activating group) is 1. The van der Waals surface area contributed by atoms with Crippen molar-refractivity contribution in [3.8, 4) is 0 Å². The summed E-state index contributed by atoms with van der Waals surface area (Å²) in [5.41, 5.74) is 0. The summed E-state index contributed by atoms with van der Waals surface area (Å²) in [4.78, 5) is 23.4. The van der Waals surface area contributed by atoms with Crippen molar-refractivity contribution < 1.29 is 28.2 Å². The maximum atomic E-state index is 12.2. The molecule has 0 aromatic rings. The Hall–Kier alpha value is -1.24. The summed E-state index contributed by atoms with van der Waals surface area (Å²) in [6, 6.07) is 0. The van der Waals surface area contributed by atoms with Crippen molar-refractivity contribution in [2.45, 2.75) is 38.4 Å². The number of rotatable bonds is 5. The Balaban J connectivity index is 2.55. The summed E-state index contributed by atoms with van der Waals surface area (Å²) in [7, 11) is 0. The van der Waals surface area contributed by atoms with Crippen molar-refractivity contribution in [1.29, 1.82) is 0 Å². The highest BCUT2D eigenvalue weighted by atomic mass is 19.3. The third-order valence-electron chi connectivity index (χ3n) is 2.62. The summed E-state index contributed by atoms with van der Waals surface area (Å²) in [5.74, 6) is -1.69. The zero-order valence-corrected chi connectivity index (χ0v) is 9.44. The standard InChI is InChI=1S/C10H15F2NO4/c1-2-13(5-8(11)12)9(14)6-3-4-7(17-6)10(15)16/h6-8H,2-5H2,1H3,(H,15,16)/t6-,7+/m0/s1. The minimum atomic E-state index is -2.60. The van der Waals surface area contributed by atoms with Gasteiger partial charge in [-0.3, -0.25) is 4.79 Å². The molecule has 5 nitrogen and oxygen atoms in total. The molecular formula is C10H15F2NO4. The minimum absolute atomic E-state index is 0.154. The number of amides is 1. The number of carbonyl (C=O) groups is 2. The number of nitrogens with zero attached hydrogens (tertiary/aromatic N) is 1. The van der Waals surface area contributed by atoms with E-state index < -0.39 is 37.1 Å². The lowest BCUT2D eigenvalue weighted by Crippen LogP contribution is -2.42. The summed E-state index contributed by atoms with van der Waals surface area (Å²) < 4.78 is 29.4. The van der Waals surface area contributed by atoms with Crippen LogP contribution >= 0.6 is 0 Å². The molecule has 0 aromatic carbocycles. The fourth-order valence-corrected chi connectivity index (χ4v) is 1.75. The van der Waals surface area contributed by atoms with E-state index in [-0.39, 0.29) is 19.4 Å². The van der Waals surface area contributed by atoms with Gasteiger partial charge in [-0.15, -0.1) is 0 Å². The molecule has 1 aliphatic heterocycles. The molecule has 7 heteroatoms. The van der Waals surface area contributed by atoms with Gasteiger partial charge in [0, 0.05) is 6.54 Å². The number of aliphatic carboxylic acids is 1. The van der Waals surface area contributed by atoms with Crippen LogP contribution in [-0.2, 0) is 14.3 Å². The number of hydrogen-bond acceptors (Lipinski definition) is 3. The van der Waals surface area contributed by atoms with Crippen LogP contribution in [0.1, 0.15) is 19.8 Å². The molecule has 17 heavy (non-hydrogen) atoms. The van der Waals surface area contributed by atoms with E-state index >= 15 is 0 Å². The summed E-state index contributed by atoms with van der Waals surface area (Å²) in [5, 5.41) is 8.68. The first-order chi connectivity index (χ1) is 7.95. The van der Waals surface area contributed by atoms with Crippen molar-refractivity contribution >= 4 is 11.9 Å². The van der Waals surface area contributed by atoms with Crippen molar-refractivity contribution in [3.63, 3.8) is 0 Å². The lowest BCUT2D eigenvalue weighted by molar-refractivity contribution is -0.155. The largest absolute Gasteiger partial charge is 0.479 e. The maximum absolute atomic E-state index is 12.2. The molecule has 98 valence electrons. The molecule has 0 unspecified atom stereocenters. The molecule has 0 radical (unpaired) electrons. The Kier molecular flexibility index (Phi) is 4.80. The number of carboxylic acid groups (broad SMARTS) is 1. The molecule has 1 heterocycles. The zero-order valence-electron chi connectivity index (χ0n) is 9.44. The van der Waals surface area contributed by atoms with Gasteiger partial charge in [-0.05, 0) is 19.8 Å². The fourth-order valence-electron chi connectivity index (χ4n) is 1.75. The Morgan fingerprint density at radius 1 is 1.41 bits per heavy atom. The van der Waals surface area contributed by atoms with Gasteiger partial charge in [0.2, 0.25) is 0 Å². The van der Waals surface area contributed by atoms with Crippen molar-refractivity contribution in [2.24, 2.45) is 0 Å². The van der Waals surface area contributed by atoms with E-state index in [9.17, 15) is 18.4 Å². The van der Waals surface area contributed by atoms with Gasteiger partial charge in [0.1, 0.15) is 6.10 Å². The van der Waals surface area contributed by atoms with Crippen LogP contribution in [0, 0.1) is 0 Å². The molecule has 1 aliphatic rings. The van der Waals surface area contributed by atoms with E-state index in [4.69, 9.17) is 9.84 Å². The smallest absolute Gasteiger partial charge is 0.332 e. The van der Waals surface area contributed by atoms with Crippen LogP contribution in [0.15, 0.2) is 0 Å². The van der Waals surface area contributed by atoms with Crippen molar-refractivity contribution in [3.05, 3.63) is 0 Å². The SMILES string of the molecule is CCN(CC(F)F)C(=O)[C@@H]1CC[C@H](C(=O)O)O1. The number of halogens is 2. The lowest BCUT2D eigenvalue weighted by Gasteiger charge is -2.23. The molecule has 1 N–H and O–H groups in total. The maximum Gasteiger partial charge on any atom is 0.332 e. The normalized spacial score (nSPS) is 24.0. The van der Waals surface area contributed by atoms with Crippen LogP contribution in [0.2, 0.25) is 0 Å². The second kappa shape index (κ2) is 5.90. The van der Waals surface area contributed by atoms with Gasteiger partial charge in [-0.2, -0.15) is 0 Å². The van der Waals surface area contributed by atoms with E-state index in [0.717, 1.165) is 4.90 Å². The number of hydrogen-bond donors (Lipinski definition) is 1. The van der Waals surface area contributed by atoms with E-state index in [1.54, 1.807) is 6.92 Å². The van der Waals surface area contributed by atoms with E-state index in [2.05, 4.69) is 0 Å². The van der Waals surface area contributed by atoms with Gasteiger partial charge in [-0.25, -0.2) is 13.6 Å². The van der Waals surface area contributed by atoms with Gasteiger partial charge in [0.25, 0.3) is 12.3 Å². The second-order valence-corrected chi connectivity index (χ2v) is 3.80. The highest BCUT2D eigenvalue weighted by Crippen LogP contribution is 2.21. The van der Waals surface area contributed by atoms with Crippen molar-refractivity contribution in [2.75, 3.05) is 13.1 Å². The minimum Gasteiger partial charge on any atom is -0.479 e. The Morgan fingerprint density at radius 3 is 2.41 bits per heavy atom. The molecule has 0 aliphatic carbocycles. The average molecular weight is 251 g/mol. The average Bonchev–Trinajstić information content (AvgIpc) is 2.73. The molecule has 1 saturated heterocycles. The molecular weight excluding hydrogens is 236 g/mol. The molecule has 0 bridgehead atoms.